The Balaban J connectivity index is 2.70. The Hall–Kier alpha value is -1.89. The number of carbonyl (C=O) groups is 2. The summed E-state index contributed by atoms with van der Waals surface area (Å²) in [5.74, 6) is 0. The molecule has 0 saturated heterocycles. The zero-order valence-corrected chi connectivity index (χ0v) is 15.1. The van der Waals surface area contributed by atoms with Crippen molar-refractivity contribution in [1.29, 1.82) is 0 Å². The number of nitrogens with two attached hydrogens (primary N) is 1. The van der Waals surface area contributed by atoms with Gasteiger partial charge < -0.3 is 15.8 Å². The molecule has 0 radical (unpaired) electrons. The summed E-state index contributed by atoms with van der Waals surface area (Å²) in [5.41, 5.74) is 5.74. The molecule has 6 nitrogen and oxygen atoms in total. The van der Waals surface area contributed by atoms with E-state index in [-0.39, 0.29) is 0 Å². The highest BCUT2D eigenvalue weighted by Crippen LogP contribution is 2.20. The Kier molecular flexibility index (Phi) is 5.93. The third kappa shape index (κ3) is 6.81. The number of thiol groups is 1. The highest BCUT2D eigenvalue weighted by atomic mass is 32.1. The van der Waals surface area contributed by atoms with Gasteiger partial charge >= 0.3 is 12.1 Å². The van der Waals surface area contributed by atoms with Gasteiger partial charge in [-0.3, -0.25) is 0 Å². The van der Waals surface area contributed by atoms with Gasteiger partial charge in [-0.25, -0.2) is 13.9 Å². The van der Waals surface area contributed by atoms with E-state index < -0.39 is 23.3 Å². The molecule has 7 heteroatoms. The molecule has 0 spiro atoms. The summed E-state index contributed by atoms with van der Waals surface area (Å²) < 4.78 is 6.33. The van der Waals surface area contributed by atoms with Crippen molar-refractivity contribution in [2.24, 2.45) is 5.73 Å². The van der Waals surface area contributed by atoms with E-state index in [0.29, 0.717) is 12.1 Å². The number of alkyl carbamates (subject to hydrolysis) is 1. The van der Waals surface area contributed by atoms with Crippen LogP contribution in [-0.2, 0) is 11.2 Å². The second-order valence-corrected chi connectivity index (χ2v) is 7.40. The van der Waals surface area contributed by atoms with E-state index in [0.717, 1.165) is 9.87 Å². The number of hydrogen-bond acceptors (Lipinski definition) is 4. The van der Waals surface area contributed by atoms with Crippen LogP contribution >= 0.6 is 12.8 Å². The molecule has 23 heavy (non-hydrogen) atoms. The van der Waals surface area contributed by atoms with Crippen LogP contribution in [0.3, 0.4) is 0 Å². The SMILES string of the molecule is CC(C)(Cc1ccc(N(S)C(N)=O)cc1)NC(=O)OC(C)(C)C. The first-order chi connectivity index (χ1) is 10.4. The van der Waals surface area contributed by atoms with Gasteiger partial charge in [-0.1, -0.05) is 24.9 Å². The molecule has 0 aliphatic heterocycles. The van der Waals surface area contributed by atoms with Gasteiger partial charge in [0.05, 0.1) is 5.69 Å². The molecule has 0 bridgehead atoms. The van der Waals surface area contributed by atoms with Crippen molar-refractivity contribution in [1.82, 2.24) is 5.32 Å². The van der Waals surface area contributed by atoms with Gasteiger partial charge in [-0.15, -0.1) is 0 Å². The summed E-state index contributed by atoms with van der Waals surface area (Å²) in [4.78, 5) is 22.9. The second-order valence-electron chi connectivity index (χ2n) is 7.00. The molecular formula is C16H25N3O3S. The van der Waals surface area contributed by atoms with Crippen LogP contribution in [0, 0.1) is 0 Å². The fourth-order valence-corrected chi connectivity index (χ4v) is 2.15. The maximum absolute atomic E-state index is 11.9. The van der Waals surface area contributed by atoms with Crippen LogP contribution in [0.4, 0.5) is 15.3 Å². The fourth-order valence-electron chi connectivity index (χ4n) is 2.02. The van der Waals surface area contributed by atoms with Gasteiger partial charge in [0, 0.05) is 5.54 Å². The highest BCUT2D eigenvalue weighted by Gasteiger charge is 2.25. The molecule has 0 aliphatic carbocycles. The van der Waals surface area contributed by atoms with E-state index in [2.05, 4.69) is 18.1 Å². The zero-order valence-electron chi connectivity index (χ0n) is 14.2. The first kappa shape index (κ1) is 19.2. The molecule has 0 atom stereocenters. The molecule has 1 aromatic rings. The van der Waals surface area contributed by atoms with Crippen molar-refractivity contribution in [3.05, 3.63) is 29.8 Å². The maximum atomic E-state index is 11.9. The standard InChI is InChI=1S/C16H25N3O3S/c1-15(2,3)22-14(21)18-16(4,5)10-11-6-8-12(9-7-11)19(23)13(17)20/h6-9,23H,10H2,1-5H3,(H2,17,20)(H,18,21). The fraction of sp³-hybridized carbons (Fsp3) is 0.500. The summed E-state index contributed by atoms with van der Waals surface area (Å²) >= 11 is 4.00. The van der Waals surface area contributed by atoms with Crippen LogP contribution in [0.1, 0.15) is 40.2 Å². The van der Waals surface area contributed by atoms with Crippen molar-refractivity contribution in [2.45, 2.75) is 52.2 Å². The molecular weight excluding hydrogens is 314 g/mol. The monoisotopic (exact) mass is 339 g/mol. The molecule has 3 N–H and O–H groups in total. The smallest absolute Gasteiger partial charge is 0.408 e. The lowest BCUT2D eigenvalue weighted by Crippen LogP contribution is -2.47. The van der Waals surface area contributed by atoms with Crippen molar-refractivity contribution in [3.8, 4) is 0 Å². The lowest BCUT2D eigenvalue weighted by atomic mass is 9.95. The average Bonchev–Trinajstić information content (AvgIpc) is 2.34. The number of amides is 3. The maximum Gasteiger partial charge on any atom is 0.408 e. The minimum atomic E-state index is -0.645. The van der Waals surface area contributed by atoms with Gasteiger partial charge in [0.2, 0.25) is 0 Å². The number of urea groups is 1. The van der Waals surface area contributed by atoms with Crippen molar-refractivity contribution in [2.75, 3.05) is 4.31 Å². The van der Waals surface area contributed by atoms with Gasteiger partial charge in [-0.2, -0.15) is 0 Å². The number of rotatable bonds is 4. The first-order valence-corrected chi connectivity index (χ1v) is 7.68. The van der Waals surface area contributed by atoms with Crippen LogP contribution in [0.25, 0.3) is 0 Å². The number of nitrogens with one attached hydrogen (secondary N) is 1. The van der Waals surface area contributed by atoms with E-state index in [1.807, 2.05) is 46.8 Å². The largest absolute Gasteiger partial charge is 0.444 e. The van der Waals surface area contributed by atoms with E-state index in [1.54, 1.807) is 12.1 Å². The molecule has 0 aliphatic rings. The molecule has 128 valence electrons. The van der Waals surface area contributed by atoms with Crippen LogP contribution < -0.4 is 15.4 Å². The van der Waals surface area contributed by atoms with Crippen LogP contribution in [0.15, 0.2) is 24.3 Å². The number of carbonyl (C=O) groups excluding carboxylic acids is 2. The summed E-state index contributed by atoms with van der Waals surface area (Å²) in [6, 6.07) is 6.57. The van der Waals surface area contributed by atoms with Crippen LogP contribution in [0.2, 0.25) is 0 Å². The van der Waals surface area contributed by atoms with Crippen LogP contribution in [0.5, 0.6) is 0 Å². The lowest BCUT2D eigenvalue weighted by molar-refractivity contribution is 0.0472. The van der Waals surface area contributed by atoms with E-state index in [1.165, 1.54) is 0 Å². The predicted molar refractivity (Wildman–Crippen MR) is 94.6 cm³/mol. The second kappa shape index (κ2) is 7.12. The minimum Gasteiger partial charge on any atom is -0.444 e. The number of nitrogens with zero attached hydrogens (tertiary/aromatic N) is 1. The third-order valence-electron chi connectivity index (χ3n) is 2.88. The Morgan fingerprint density at radius 3 is 2.13 bits per heavy atom. The zero-order chi connectivity index (χ0) is 17.8. The molecule has 0 aromatic heterocycles. The third-order valence-corrected chi connectivity index (χ3v) is 3.30. The number of hydrogen-bond donors (Lipinski definition) is 3. The molecule has 3 amide bonds. The predicted octanol–water partition coefficient (Wildman–Crippen LogP) is 3.26. The molecule has 0 heterocycles. The molecule has 1 rings (SSSR count). The molecule has 1 aromatic carbocycles. The van der Waals surface area contributed by atoms with Crippen molar-refractivity contribution in [3.63, 3.8) is 0 Å². The summed E-state index contributed by atoms with van der Waals surface area (Å²) in [6.07, 6.45) is 0.157. The topological polar surface area (TPSA) is 84.7 Å². The van der Waals surface area contributed by atoms with Gasteiger partial charge in [-0.05, 0) is 58.7 Å². The lowest BCUT2D eigenvalue weighted by Gasteiger charge is -2.29. The van der Waals surface area contributed by atoms with Crippen molar-refractivity contribution < 1.29 is 14.3 Å². The Labute approximate surface area is 142 Å². The molecule has 0 fully saturated rings. The van der Waals surface area contributed by atoms with Gasteiger partial charge in [0.15, 0.2) is 0 Å². The number of benzene rings is 1. The van der Waals surface area contributed by atoms with E-state index in [9.17, 15) is 9.59 Å². The normalized spacial score (nSPS) is 11.7. The number of ether oxygens (including phenoxy) is 1. The molecule has 0 unspecified atom stereocenters. The minimum absolute atomic E-state index is 0.450. The Morgan fingerprint density at radius 1 is 1.17 bits per heavy atom. The Morgan fingerprint density at radius 2 is 1.70 bits per heavy atom. The van der Waals surface area contributed by atoms with Gasteiger partial charge in [0.25, 0.3) is 0 Å². The highest BCUT2D eigenvalue weighted by molar-refractivity contribution is 7.82. The van der Waals surface area contributed by atoms with Crippen molar-refractivity contribution >= 4 is 30.6 Å². The van der Waals surface area contributed by atoms with E-state index in [4.69, 9.17) is 10.5 Å². The quantitative estimate of drug-likeness (QED) is 0.736. The summed E-state index contributed by atoms with van der Waals surface area (Å²) in [5, 5.41) is 2.86. The Bertz CT molecular complexity index is 565. The van der Waals surface area contributed by atoms with E-state index >= 15 is 0 Å². The molecule has 0 saturated carbocycles. The summed E-state index contributed by atoms with van der Waals surface area (Å²) in [7, 11) is 0. The number of anilines is 1. The first-order valence-electron chi connectivity index (χ1n) is 7.28. The average molecular weight is 339 g/mol. The van der Waals surface area contributed by atoms with Crippen LogP contribution in [-0.4, -0.2) is 23.3 Å². The van der Waals surface area contributed by atoms with Gasteiger partial charge in [0.1, 0.15) is 5.60 Å². The number of primary amides is 1. The summed E-state index contributed by atoms with van der Waals surface area (Å²) in [6.45, 7) is 9.29.